The average Bonchev–Trinajstić information content (AvgIpc) is 3.40. The summed E-state index contributed by atoms with van der Waals surface area (Å²) in [4.78, 5) is 25.2. The molecule has 1 N–H and O–H groups in total. The number of nitrogens with zero attached hydrogens (tertiary/aromatic N) is 3. The van der Waals surface area contributed by atoms with E-state index in [2.05, 4.69) is 15.6 Å². The third kappa shape index (κ3) is 4.18. The fraction of sp³-hybridized carbons (Fsp3) is 0.217. The SMILES string of the molecule is CC(C)n1nccc1NC(=O)[C@H](C)OC(=O)c1ccc2noc(-c3ccccc3)c2c1. The number of carbonyl (C=O) groups is 2. The summed E-state index contributed by atoms with van der Waals surface area (Å²) in [6.07, 6.45) is 0.611. The number of benzene rings is 2. The lowest BCUT2D eigenvalue weighted by atomic mass is 10.1. The van der Waals surface area contributed by atoms with E-state index in [0.717, 1.165) is 5.56 Å². The van der Waals surface area contributed by atoms with Crippen LogP contribution in [-0.2, 0) is 9.53 Å². The van der Waals surface area contributed by atoms with Crippen LogP contribution in [0.3, 0.4) is 0 Å². The minimum Gasteiger partial charge on any atom is -0.449 e. The van der Waals surface area contributed by atoms with E-state index in [9.17, 15) is 9.59 Å². The molecule has 1 atom stereocenters. The summed E-state index contributed by atoms with van der Waals surface area (Å²) in [5, 5.41) is 11.7. The summed E-state index contributed by atoms with van der Waals surface area (Å²) in [6, 6.07) is 16.2. The van der Waals surface area contributed by atoms with E-state index in [-0.39, 0.29) is 6.04 Å². The maximum Gasteiger partial charge on any atom is 0.338 e. The Labute approximate surface area is 178 Å². The van der Waals surface area contributed by atoms with Crippen LogP contribution in [0.5, 0.6) is 0 Å². The highest BCUT2D eigenvalue weighted by molar-refractivity contribution is 6.00. The van der Waals surface area contributed by atoms with Crippen LogP contribution in [0.1, 0.15) is 37.2 Å². The Balaban J connectivity index is 1.50. The molecule has 0 unspecified atom stereocenters. The first-order chi connectivity index (χ1) is 14.9. The molecule has 31 heavy (non-hydrogen) atoms. The molecule has 0 fully saturated rings. The van der Waals surface area contributed by atoms with Crippen molar-refractivity contribution in [2.45, 2.75) is 32.9 Å². The van der Waals surface area contributed by atoms with Crippen molar-refractivity contribution >= 4 is 28.6 Å². The number of hydrogen-bond donors (Lipinski definition) is 1. The first-order valence-corrected chi connectivity index (χ1v) is 9.94. The standard InChI is InChI=1S/C23H22N4O4/c1-14(2)27-20(11-12-24-27)25-22(28)15(3)30-23(29)17-9-10-19-18(13-17)21(31-26-19)16-7-5-4-6-8-16/h4-15H,1-3H3,(H,25,28)/t15-/m0/s1. The van der Waals surface area contributed by atoms with Gasteiger partial charge in [-0.15, -0.1) is 0 Å². The van der Waals surface area contributed by atoms with E-state index in [1.54, 1.807) is 35.1 Å². The van der Waals surface area contributed by atoms with Crippen molar-refractivity contribution in [2.24, 2.45) is 0 Å². The van der Waals surface area contributed by atoms with Gasteiger partial charge in [-0.2, -0.15) is 5.10 Å². The lowest BCUT2D eigenvalue weighted by Crippen LogP contribution is -2.31. The molecule has 0 bridgehead atoms. The summed E-state index contributed by atoms with van der Waals surface area (Å²) in [5.74, 6) is 0.0631. The number of nitrogens with one attached hydrogen (secondary N) is 1. The number of fused-ring (bicyclic) bond motifs is 1. The highest BCUT2D eigenvalue weighted by Crippen LogP contribution is 2.29. The molecule has 0 aliphatic heterocycles. The number of aromatic nitrogens is 3. The van der Waals surface area contributed by atoms with E-state index in [4.69, 9.17) is 9.26 Å². The van der Waals surface area contributed by atoms with Gasteiger partial charge in [-0.25, -0.2) is 9.48 Å². The fourth-order valence-corrected chi connectivity index (χ4v) is 3.20. The van der Waals surface area contributed by atoms with Crippen LogP contribution in [0.15, 0.2) is 65.3 Å². The third-order valence-corrected chi connectivity index (χ3v) is 4.81. The van der Waals surface area contributed by atoms with Gasteiger partial charge in [0, 0.05) is 17.7 Å². The molecule has 2 heterocycles. The molecule has 4 aromatic rings. The van der Waals surface area contributed by atoms with Crippen molar-refractivity contribution in [3.05, 3.63) is 66.4 Å². The second kappa shape index (κ2) is 8.43. The molecule has 2 aromatic heterocycles. The predicted octanol–water partition coefficient (Wildman–Crippen LogP) is 4.46. The van der Waals surface area contributed by atoms with Gasteiger partial charge in [-0.3, -0.25) is 4.79 Å². The molecule has 0 radical (unpaired) electrons. The number of ether oxygens (including phenoxy) is 1. The largest absolute Gasteiger partial charge is 0.449 e. The molecule has 1 amide bonds. The molecule has 0 saturated carbocycles. The van der Waals surface area contributed by atoms with Gasteiger partial charge < -0.3 is 14.6 Å². The minimum absolute atomic E-state index is 0.0808. The van der Waals surface area contributed by atoms with Gasteiger partial charge in [0.05, 0.1) is 17.1 Å². The quantitative estimate of drug-likeness (QED) is 0.464. The summed E-state index contributed by atoms with van der Waals surface area (Å²) < 4.78 is 12.5. The molecule has 8 nitrogen and oxygen atoms in total. The molecular weight excluding hydrogens is 396 g/mol. The molecule has 0 aliphatic rings. The van der Waals surface area contributed by atoms with Gasteiger partial charge in [0.25, 0.3) is 5.91 Å². The fourth-order valence-electron chi connectivity index (χ4n) is 3.20. The zero-order valence-electron chi connectivity index (χ0n) is 17.4. The van der Waals surface area contributed by atoms with E-state index < -0.39 is 18.0 Å². The number of hydrogen-bond acceptors (Lipinski definition) is 6. The molecule has 0 saturated heterocycles. The summed E-state index contributed by atoms with van der Waals surface area (Å²) in [7, 11) is 0. The van der Waals surface area contributed by atoms with Crippen LogP contribution in [-0.4, -0.2) is 32.9 Å². The minimum atomic E-state index is -0.991. The number of esters is 1. The Morgan fingerprint density at radius 1 is 1.06 bits per heavy atom. The zero-order valence-corrected chi connectivity index (χ0v) is 17.4. The molecule has 2 aromatic carbocycles. The molecule has 8 heteroatoms. The lowest BCUT2D eigenvalue weighted by molar-refractivity contribution is -0.123. The Morgan fingerprint density at radius 2 is 1.84 bits per heavy atom. The Kier molecular flexibility index (Phi) is 5.53. The van der Waals surface area contributed by atoms with Crippen LogP contribution in [0.25, 0.3) is 22.2 Å². The molecule has 158 valence electrons. The van der Waals surface area contributed by atoms with Crippen LogP contribution >= 0.6 is 0 Å². The Morgan fingerprint density at radius 3 is 2.58 bits per heavy atom. The highest BCUT2D eigenvalue weighted by atomic mass is 16.5. The Hall–Kier alpha value is -3.94. The summed E-state index contributed by atoms with van der Waals surface area (Å²) >= 11 is 0. The maximum atomic E-state index is 12.7. The normalized spacial score (nSPS) is 12.1. The lowest BCUT2D eigenvalue weighted by Gasteiger charge is -2.15. The summed E-state index contributed by atoms with van der Waals surface area (Å²) in [5.41, 5.74) is 1.79. The number of anilines is 1. The van der Waals surface area contributed by atoms with E-state index in [1.165, 1.54) is 6.92 Å². The molecule has 0 aliphatic carbocycles. The topological polar surface area (TPSA) is 99.2 Å². The van der Waals surface area contributed by atoms with Crippen molar-refractivity contribution in [3.63, 3.8) is 0 Å². The van der Waals surface area contributed by atoms with Crippen LogP contribution < -0.4 is 5.32 Å². The van der Waals surface area contributed by atoms with Crippen molar-refractivity contribution in [1.82, 2.24) is 14.9 Å². The van der Waals surface area contributed by atoms with Crippen LogP contribution in [0.4, 0.5) is 5.82 Å². The van der Waals surface area contributed by atoms with E-state index in [1.807, 2.05) is 44.2 Å². The zero-order chi connectivity index (χ0) is 22.0. The van der Waals surface area contributed by atoms with Crippen LogP contribution in [0, 0.1) is 0 Å². The monoisotopic (exact) mass is 418 g/mol. The van der Waals surface area contributed by atoms with Gasteiger partial charge in [0.15, 0.2) is 11.9 Å². The van der Waals surface area contributed by atoms with Gasteiger partial charge >= 0.3 is 5.97 Å². The van der Waals surface area contributed by atoms with Gasteiger partial charge in [0.2, 0.25) is 0 Å². The molecular formula is C23H22N4O4. The van der Waals surface area contributed by atoms with Crippen LogP contribution in [0.2, 0.25) is 0 Å². The average molecular weight is 418 g/mol. The number of rotatable bonds is 6. The third-order valence-electron chi connectivity index (χ3n) is 4.81. The second-order valence-electron chi connectivity index (χ2n) is 7.40. The van der Waals surface area contributed by atoms with Crippen molar-refractivity contribution < 1.29 is 18.8 Å². The van der Waals surface area contributed by atoms with Crippen molar-refractivity contribution in [2.75, 3.05) is 5.32 Å². The Bertz CT molecular complexity index is 1230. The predicted molar refractivity (Wildman–Crippen MR) is 116 cm³/mol. The van der Waals surface area contributed by atoms with Gasteiger partial charge in [-0.1, -0.05) is 35.5 Å². The summed E-state index contributed by atoms with van der Waals surface area (Å²) in [6.45, 7) is 5.43. The van der Waals surface area contributed by atoms with Gasteiger partial charge in [-0.05, 0) is 39.0 Å². The first-order valence-electron chi connectivity index (χ1n) is 9.94. The molecule has 0 spiro atoms. The second-order valence-corrected chi connectivity index (χ2v) is 7.40. The van der Waals surface area contributed by atoms with E-state index >= 15 is 0 Å². The molecule has 4 rings (SSSR count). The number of amides is 1. The maximum absolute atomic E-state index is 12.7. The van der Waals surface area contributed by atoms with Gasteiger partial charge in [0.1, 0.15) is 11.3 Å². The van der Waals surface area contributed by atoms with Crippen molar-refractivity contribution in [1.29, 1.82) is 0 Å². The smallest absolute Gasteiger partial charge is 0.338 e. The van der Waals surface area contributed by atoms with Crippen molar-refractivity contribution in [3.8, 4) is 11.3 Å². The number of carbonyl (C=O) groups excluding carboxylic acids is 2. The highest BCUT2D eigenvalue weighted by Gasteiger charge is 2.22. The first kappa shape index (κ1) is 20.3. The van der Waals surface area contributed by atoms with E-state index in [0.29, 0.717) is 28.0 Å².